The molecule has 86 valence electrons. The second-order valence-electron chi connectivity index (χ2n) is 4.81. The molecule has 3 nitrogen and oxygen atoms in total. The van der Waals surface area contributed by atoms with Gasteiger partial charge >= 0.3 is 0 Å². The highest BCUT2D eigenvalue weighted by Crippen LogP contribution is 2.28. The lowest BCUT2D eigenvalue weighted by atomic mass is 10.1. The van der Waals surface area contributed by atoms with Crippen LogP contribution in [0.5, 0.6) is 0 Å². The van der Waals surface area contributed by atoms with Gasteiger partial charge < -0.3 is 10.2 Å². The number of hydrogen-bond donors (Lipinski definition) is 1. The molecule has 0 saturated heterocycles. The number of aryl methyl sites for hydroxylation is 2. The van der Waals surface area contributed by atoms with Crippen LogP contribution in [0.1, 0.15) is 30.9 Å². The van der Waals surface area contributed by atoms with Gasteiger partial charge in [0.25, 0.3) is 0 Å². The van der Waals surface area contributed by atoms with Gasteiger partial charge in [0, 0.05) is 6.42 Å². The molecule has 0 bridgehead atoms. The van der Waals surface area contributed by atoms with Gasteiger partial charge in [-0.1, -0.05) is 19.9 Å². The Balaban J connectivity index is 2.60. The number of fused-ring (bicyclic) bond motifs is 1. The minimum absolute atomic E-state index is 0.538. The Hall–Kier alpha value is -1.51. The summed E-state index contributed by atoms with van der Waals surface area (Å²) in [6.07, 6.45) is 0.854. The van der Waals surface area contributed by atoms with Gasteiger partial charge in [0.15, 0.2) is 11.5 Å². The Kier molecular flexibility index (Phi) is 2.62. The molecule has 0 radical (unpaired) electrons. The molecule has 0 fully saturated rings. The SMILES string of the molecule is Cc1cc(C)c2nc(CC(C)C)oc2c1N. The molecule has 0 spiro atoms. The van der Waals surface area contributed by atoms with Gasteiger partial charge in [-0.2, -0.15) is 0 Å². The molecule has 1 heterocycles. The van der Waals surface area contributed by atoms with Crippen molar-refractivity contribution < 1.29 is 4.42 Å². The highest BCUT2D eigenvalue weighted by Gasteiger charge is 2.13. The summed E-state index contributed by atoms with van der Waals surface area (Å²) < 4.78 is 5.74. The first kappa shape index (κ1) is 11.0. The van der Waals surface area contributed by atoms with Crippen LogP contribution in [0.15, 0.2) is 10.5 Å². The van der Waals surface area contributed by atoms with Crippen molar-refractivity contribution >= 4 is 16.8 Å². The second-order valence-corrected chi connectivity index (χ2v) is 4.81. The van der Waals surface area contributed by atoms with Crippen LogP contribution in [-0.4, -0.2) is 4.98 Å². The van der Waals surface area contributed by atoms with Crippen LogP contribution < -0.4 is 5.73 Å². The van der Waals surface area contributed by atoms with E-state index in [2.05, 4.69) is 24.9 Å². The molecule has 0 unspecified atom stereocenters. The number of aromatic nitrogens is 1. The average molecular weight is 218 g/mol. The monoisotopic (exact) mass is 218 g/mol. The minimum Gasteiger partial charge on any atom is -0.438 e. The van der Waals surface area contributed by atoms with Crippen LogP contribution in [0, 0.1) is 19.8 Å². The maximum Gasteiger partial charge on any atom is 0.195 e. The van der Waals surface area contributed by atoms with Crippen molar-refractivity contribution in [3.05, 3.63) is 23.1 Å². The minimum atomic E-state index is 0.538. The number of nitrogens with two attached hydrogens (primary N) is 1. The Bertz CT molecular complexity index is 526. The summed E-state index contributed by atoms with van der Waals surface area (Å²) in [5, 5.41) is 0. The van der Waals surface area contributed by atoms with E-state index < -0.39 is 0 Å². The zero-order chi connectivity index (χ0) is 11.9. The van der Waals surface area contributed by atoms with Crippen molar-refractivity contribution in [3.63, 3.8) is 0 Å². The summed E-state index contributed by atoms with van der Waals surface area (Å²) in [5.74, 6) is 1.32. The molecule has 16 heavy (non-hydrogen) atoms. The largest absolute Gasteiger partial charge is 0.438 e. The molecule has 2 aromatic rings. The van der Waals surface area contributed by atoms with Gasteiger partial charge in [-0.05, 0) is 30.9 Å². The van der Waals surface area contributed by atoms with Crippen molar-refractivity contribution in [2.24, 2.45) is 5.92 Å². The molecule has 1 aromatic heterocycles. The topological polar surface area (TPSA) is 52.0 Å². The maximum atomic E-state index is 6.00. The van der Waals surface area contributed by atoms with Crippen LogP contribution in [0.2, 0.25) is 0 Å². The van der Waals surface area contributed by atoms with E-state index in [-0.39, 0.29) is 0 Å². The number of nitrogens with zero attached hydrogens (tertiary/aromatic N) is 1. The molecule has 0 aliphatic rings. The molecule has 2 rings (SSSR count). The zero-order valence-corrected chi connectivity index (χ0v) is 10.3. The van der Waals surface area contributed by atoms with E-state index in [0.29, 0.717) is 11.6 Å². The summed E-state index contributed by atoms with van der Waals surface area (Å²) in [5.41, 5.74) is 10.5. The third kappa shape index (κ3) is 1.77. The predicted octanol–water partition coefficient (Wildman–Crippen LogP) is 3.23. The fraction of sp³-hybridized carbons (Fsp3) is 0.462. The van der Waals surface area contributed by atoms with Crippen LogP contribution in [0.25, 0.3) is 11.1 Å². The third-order valence-electron chi connectivity index (χ3n) is 2.73. The van der Waals surface area contributed by atoms with Crippen molar-refractivity contribution in [2.75, 3.05) is 5.73 Å². The molecule has 1 aromatic carbocycles. The normalized spacial score (nSPS) is 11.6. The average Bonchev–Trinajstić information content (AvgIpc) is 2.58. The van der Waals surface area contributed by atoms with E-state index in [9.17, 15) is 0 Å². The van der Waals surface area contributed by atoms with Crippen LogP contribution in [0.3, 0.4) is 0 Å². The van der Waals surface area contributed by atoms with Crippen LogP contribution >= 0.6 is 0 Å². The van der Waals surface area contributed by atoms with Crippen LogP contribution in [0.4, 0.5) is 5.69 Å². The molecule has 0 amide bonds. The smallest absolute Gasteiger partial charge is 0.195 e. The first-order valence-electron chi connectivity index (χ1n) is 5.64. The molecule has 0 aliphatic heterocycles. The number of benzene rings is 1. The van der Waals surface area contributed by atoms with E-state index in [0.717, 1.165) is 34.5 Å². The van der Waals surface area contributed by atoms with Crippen molar-refractivity contribution in [2.45, 2.75) is 34.1 Å². The molecular formula is C13H18N2O. The fourth-order valence-corrected chi connectivity index (χ4v) is 1.90. The number of anilines is 1. The van der Waals surface area contributed by atoms with Crippen molar-refractivity contribution in [3.8, 4) is 0 Å². The quantitative estimate of drug-likeness (QED) is 0.787. The first-order valence-corrected chi connectivity index (χ1v) is 5.64. The summed E-state index contributed by atoms with van der Waals surface area (Å²) in [6.45, 7) is 8.33. The molecule has 0 atom stereocenters. The zero-order valence-electron chi connectivity index (χ0n) is 10.3. The number of hydrogen-bond acceptors (Lipinski definition) is 3. The summed E-state index contributed by atoms with van der Waals surface area (Å²) in [4.78, 5) is 4.51. The van der Waals surface area contributed by atoms with Crippen molar-refractivity contribution in [1.82, 2.24) is 4.98 Å². The van der Waals surface area contributed by atoms with Gasteiger partial charge in [-0.3, -0.25) is 0 Å². The lowest BCUT2D eigenvalue weighted by Crippen LogP contribution is -1.93. The number of rotatable bonds is 2. The molecular weight excluding hydrogens is 200 g/mol. The predicted molar refractivity (Wildman–Crippen MR) is 66.4 cm³/mol. The van der Waals surface area contributed by atoms with Gasteiger partial charge in [-0.15, -0.1) is 0 Å². The Labute approximate surface area is 95.7 Å². The van der Waals surface area contributed by atoms with Crippen molar-refractivity contribution in [1.29, 1.82) is 0 Å². The van der Waals surface area contributed by atoms with Gasteiger partial charge in [0.2, 0.25) is 0 Å². The lowest BCUT2D eigenvalue weighted by Gasteiger charge is -2.01. The van der Waals surface area contributed by atoms with E-state index >= 15 is 0 Å². The third-order valence-corrected chi connectivity index (χ3v) is 2.73. The summed E-state index contributed by atoms with van der Waals surface area (Å²) >= 11 is 0. The standard InChI is InChI=1S/C13H18N2O/c1-7(2)5-10-15-12-9(4)6-8(3)11(14)13(12)16-10/h6-7H,5,14H2,1-4H3. The van der Waals surface area contributed by atoms with E-state index in [1.807, 2.05) is 13.8 Å². The fourth-order valence-electron chi connectivity index (χ4n) is 1.90. The van der Waals surface area contributed by atoms with Gasteiger partial charge in [-0.25, -0.2) is 4.98 Å². The van der Waals surface area contributed by atoms with E-state index in [4.69, 9.17) is 10.2 Å². The van der Waals surface area contributed by atoms with Gasteiger partial charge in [0.1, 0.15) is 5.52 Å². The Morgan fingerprint density at radius 2 is 2.00 bits per heavy atom. The van der Waals surface area contributed by atoms with Crippen LogP contribution in [-0.2, 0) is 6.42 Å². The first-order chi connectivity index (χ1) is 7.49. The molecule has 0 aliphatic carbocycles. The van der Waals surface area contributed by atoms with E-state index in [1.165, 1.54) is 0 Å². The Morgan fingerprint density at radius 1 is 1.31 bits per heavy atom. The molecule has 2 N–H and O–H groups in total. The maximum absolute atomic E-state index is 6.00. The number of nitrogen functional groups attached to an aromatic ring is 1. The molecule has 0 saturated carbocycles. The molecule has 3 heteroatoms. The highest BCUT2D eigenvalue weighted by atomic mass is 16.3. The van der Waals surface area contributed by atoms with E-state index in [1.54, 1.807) is 0 Å². The highest BCUT2D eigenvalue weighted by molar-refractivity contribution is 5.89. The summed E-state index contributed by atoms with van der Waals surface area (Å²) in [7, 11) is 0. The second kappa shape index (κ2) is 3.81. The Morgan fingerprint density at radius 3 is 2.62 bits per heavy atom. The summed E-state index contributed by atoms with van der Waals surface area (Å²) in [6, 6.07) is 2.05. The lowest BCUT2D eigenvalue weighted by molar-refractivity contribution is 0.483. The number of oxazole rings is 1. The van der Waals surface area contributed by atoms with Gasteiger partial charge in [0.05, 0.1) is 5.69 Å².